The minimum Gasteiger partial charge on any atom is -0.353 e. The highest BCUT2D eigenvalue weighted by molar-refractivity contribution is 7.49. The first-order valence-electron chi connectivity index (χ1n) is 9.17. The zero-order valence-electron chi connectivity index (χ0n) is 15.2. The average Bonchev–Trinajstić information content (AvgIpc) is 3.00. The van der Waals surface area contributed by atoms with E-state index in [2.05, 4.69) is 9.88 Å². The van der Waals surface area contributed by atoms with E-state index in [0.29, 0.717) is 38.4 Å². The van der Waals surface area contributed by atoms with Gasteiger partial charge >= 0.3 is 7.75 Å². The minimum absolute atomic E-state index is 0.0755. The van der Waals surface area contributed by atoms with Crippen LogP contribution in [0.25, 0.3) is 11.0 Å². The molecule has 0 bridgehead atoms. The topological polar surface area (TPSA) is 90.6 Å². The van der Waals surface area contributed by atoms with Crippen molar-refractivity contribution in [3.8, 4) is 0 Å². The number of benzene rings is 2. The molecule has 28 heavy (non-hydrogen) atoms. The van der Waals surface area contributed by atoms with Gasteiger partial charge in [0, 0.05) is 19.1 Å². The van der Waals surface area contributed by atoms with Crippen LogP contribution in [0, 0.1) is 5.82 Å². The third-order valence-corrected chi connectivity index (χ3v) is 6.22. The van der Waals surface area contributed by atoms with Gasteiger partial charge in [-0.2, -0.15) is 0 Å². The van der Waals surface area contributed by atoms with Crippen LogP contribution in [-0.4, -0.2) is 43.1 Å². The van der Waals surface area contributed by atoms with Crippen LogP contribution in [0.1, 0.15) is 18.4 Å². The van der Waals surface area contributed by atoms with Crippen LogP contribution in [0.15, 0.2) is 48.5 Å². The molecule has 4 rings (SSSR count). The Kier molecular flexibility index (Phi) is 5.21. The highest BCUT2D eigenvalue weighted by atomic mass is 31.2. The predicted octanol–water partition coefficient (Wildman–Crippen LogP) is 3.19. The number of para-hydroxylation sites is 2. The van der Waals surface area contributed by atoms with E-state index >= 15 is 0 Å². The summed E-state index contributed by atoms with van der Waals surface area (Å²) in [5.41, 5.74) is 2.80. The summed E-state index contributed by atoms with van der Waals surface area (Å²) in [6, 6.07) is 14.3. The van der Waals surface area contributed by atoms with E-state index in [4.69, 9.17) is 4.98 Å². The van der Waals surface area contributed by atoms with Gasteiger partial charge in [0.25, 0.3) is 0 Å². The second-order valence-corrected chi connectivity index (χ2v) is 8.61. The number of fused-ring (bicyclic) bond motifs is 1. The number of nitrogens with zero attached hydrogens (tertiary/aromatic N) is 3. The maximum Gasteiger partial charge on any atom is 0.402 e. The summed E-state index contributed by atoms with van der Waals surface area (Å²) in [6.07, 6.45) is 1.23. The van der Waals surface area contributed by atoms with Crippen molar-refractivity contribution >= 4 is 24.7 Å². The van der Waals surface area contributed by atoms with Crippen LogP contribution in [-0.2, 0) is 11.1 Å². The maximum absolute atomic E-state index is 13.2. The summed E-state index contributed by atoms with van der Waals surface area (Å²) in [5, 5.41) is 3.44. The molecule has 1 aromatic heterocycles. The Morgan fingerprint density at radius 3 is 2.46 bits per heavy atom. The summed E-state index contributed by atoms with van der Waals surface area (Å²) in [7, 11) is -4.18. The van der Waals surface area contributed by atoms with Crippen LogP contribution in [0.4, 0.5) is 10.3 Å². The van der Waals surface area contributed by atoms with Gasteiger partial charge < -0.3 is 19.7 Å². The molecule has 7 nitrogen and oxygen atoms in total. The lowest BCUT2D eigenvalue weighted by Gasteiger charge is -2.32. The van der Waals surface area contributed by atoms with Crippen molar-refractivity contribution in [2.24, 2.45) is 0 Å². The molecule has 0 amide bonds. The molecule has 0 aliphatic carbocycles. The van der Waals surface area contributed by atoms with Crippen molar-refractivity contribution in [2.75, 3.05) is 18.4 Å². The molecule has 1 fully saturated rings. The van der Waals surface area contributed by atoms with Crippen molar-refractivity contribution in [1.29, 1.82) is 0 Å². The van der Waals surface area contributed by atoms with Crippen LogP contribution in [0.3, 0.4) is 0 Å². The quantitative estimate of drug-likeness (QED) is 0.566. The Hall–Kier alpha value is -2.25. The summed E-state index contributed by atoms with van der Waals surface area (Å²) in [5.74, 6) is 0.439. The molecule has 0 radical (unpaired) electrons. The lowest BCUT2D eigenvalue weighted by Crippen LogP contribution is -2.37. The second-order valence-electron chi connectivity index (χ2n) is 7.02. The Morgan fingerprint density at radius 1 is 1.11 bits per heavy atom. The van der Waals surface area contributed by atoms with Gasteiger partial charge in [0.15, 0.2) is 0 Å². The highest BCUT2D eigenvalue weighted by Crippen LogP contribution is 2.41. The van der Waals surface area contributed by atoms with E-state index in [0.717, 1.165) is 16.6 Å². The van der Waals surface area contributed by atoms with E-state index in [-0.39, 0.29) is 11.9 Å². The van der Waals surface area contributed by atoms with E-state index in [1.54, 1.807) is 12.1 Å². The SMILES string of the molecule is O=P(O)(O)N1CCC(Nc2nc3ccccc3n2Cc2ccc(F)cc2)CC1. The molecule has 9 heteroatoms. The Bertz CT molecular complexity index is 1010. The Morgan fingerprint density at radius 2 is 1.79 bits per heavy atom. The van der Waals surface area contributed by atoms with Gasteiger partial charge in [-0.1, -0.05) is 24.3 Å². The minimum atomic E-state index is -4.18. The van der Waals surface area contributed by atoms with E-state index < -0.39 is 7.75 Å². The average molecular weight is 404 g/mol. The molecule has 2 heterocycles. The number of aromatic nitrogens is 2. The van der Waals surface area contributed by atoms with Crippen LogP contribution < -0.4 is 5.32 Å². The molecular formula is C19H22FN4O3P. The number of imidazole rings is 1. The van der Waals surface area contributed by atoms with E-state index in [1.807, 2.05) is 24.3 Å². The number of piperidine rings is 1. The molecule has 1 aliphatic heterocycles. The Balaban J connectivity index is 1.57. The normalized spacial score (nSPS) is 16.5. The van der Waals surface area contributed by atoms with Crippen molar-refractivity contribution < 1.29 is 18.7 Å². The van der Waals surface area contributed by atoms with Gasteiger partial charge in [-0.3, -0.25) is 0 Å². The zero-order valence-corrected chi connectivity index (χ0v) is 16.1. The van der Waals surface area contributed by atoms with Crippen LogP contribution >= 0.6 is 7.75 Å². The first-order chi connectivity index (χ1) is 13.4. The van der Waals surface area contributed by atoms with Crippen molar-refractivity contribution in [3.63, 3.8) is 0 Å². The molecule has 0 spiro atoms. The Labute approximate surface area is 162 Å². The molecule has 1 saturated heterocycles. The summed E-state index contributed by atoms with van der Waals surface area (Å²) < 4.78 is 27.9. The van der Waals surface area contributed by atoms with Crippen LogP contribution in [0.5, 0.6) is 0 Å². The summed E-state index contributed by atoms with van der Waals surface area (Å²) in [6.45, 7) is 1.21. The molecule has 0 unspecified atom stereocenters. The summed E-state index contributed by atoms with van der Waals surface area (Å²) in [4.78, 5) is 23.3. The third kappa shape index (κ3) is 4.10. The standard InChI is InChI=1S/C19H22FN4O3P/c20-15-7-5-14(6-8-15)13-24-18-4-2-1-3-17(18)22-19(24)21-16-9-11-23(12-10-16)28(25,26)27/h1-8,16H,9-13H2,(H,21,22)(H2,25,26,27). The molecule has 3 N–H and O–H groups in total. The summed E-state index contributed by atoms with van der Waals surface area (Å²) >= 11 is 0. The van der Waals surface area contributed by atoms with E-state index in [1.165, 1.54) is 16.8 Å². The number of halogens is 1. The lowest BCUT2D eigenvalue weighted by molar-refractivity contribution is 0.238. The second kappa shape index (κ2) is 7.64. The van der Waals surface area contributed by atoms with Crippen molar-refractivity contribution in [2.45, 2.75) is 25.4 Å². The zero-order chi connectivity index (χ0) is 19.7. The number of hydrogen-bond acceptors (Lipinski definition) is 3. The number of hydrogen-bond donors (Lipinski definition) is 3. The largest absolute Gasteiger partial charge is 0.402 e. The molecule has 0 saturated carbocycles. The molecular weight excluding hydrogens is 382 g/mol. The van der Waals surface area contributed by atoms with Gasteiger partial charge in [0.1, 0.15) is 5.82 Å². The lowest BCUT2D eigenvalue weighted by atomic mass is 10.1. The van der Waals surface area contributed by atoms with Gasteiger partial charge in [-0.25, -0.2) is 18.6 Å². The molecule has 3 aromatic rings. The number of anilines is 1. The van der Waals surface area contributed by atoms with Gasteiger partial charge in [0.05, 0.1) is 17.6 Å². The molecule has 2 aromatic carbocycles. The monoisotopic (exact) mass is 404 g/mol. The van der Waals surface area contributed by atoms with Gasteiger partial charge in [-0.05, 0) is 42.7 Å². The number of nitrogens with one attached hydrogen (secondary N) is 1. The van der Waals surface area contributed by atoms with Crippen molar-refractivity contribution in [1.82, 2.24) is 14.2 Å². The maximum atomic E-state index is 13.2. The molecule has 0 atom stereocenters. The van der Waals surface area contributed by atoms with Gasteiger partial charge in [0.2, 0.25) is 5.95 Å². The fraction of sp³-hybridized carbons (Fsp3) is 0.316. The first kappa shape index (κ1) is 19.1. The predicted molar refractivity (Wildman–Crippen MR) is 105 cm³/mol. The fourth-order valence-electron chi connectivity index (χ4n) is 3.57. The smallest absolute Gasteiger partial charge is 0.353 e. The van der Waals surface area contributed by atoms with Gasteiger partial charge in [-0.15, -0.1) is 0 Å². The molecule has 1 aliphatic rings. The van der Waals surface area contributed by atoms with Crippen LogP contribution in [0.2, 0.25) is 0 Å². The fourth-order valence-corrected chi connectivity index (χ4v) is 4.32. The van der Waals surface area contributed by atoms with Crippen molar-refractivity contribution in [3.05, 3.63) is 59.9 Å². The van der Waals surface area contributed by atoms with E-state index in [9.17, 15) is 18.7 Å². The highest BCUT2D eigenvalue weighted by Gasteiger charge is 2.30. The molecule has 148 valence electrons. The first-order valence-corrected chi connectivity index (χ1v) is 10.7. The number of rotatable bonds is 5. The third-order valence-electron chi connectivity index (χ3n) is 5.08.